The van der Waals surface area contributed by atoms with Crippen molar-refractivity contribution in [1.82, 2.24) is 0 Å². The monoisotopic (exact) mass is 167 g/mol. The maximum absolute atomic E-state index is 11.0. The van der Waals surface area contributed by atoms with Crippen molar-refractivity contribution in [2.75, 3.05) is 14.2 Å². The molecule has 0 aromatic heterocycles. The lowest BCUT2D eigenvalue weighted by molar-refractivity contribution is -0.136. The zero-order valence-corrected chi connectivity index (χ0v) is 7.16. The van der Waals surface area contributed by atoms with E-state index in [-0.39, 0.29) is 5.97 Å². The SMILES string of the molecule is COC(=O)C1=CC=C(OC)[CH+]C1. The fraction of sp³-hybridized carbons (Fsp3) is 0.333. The van der Waals surface area contributed by atoms with Crippen LogP contribution in [0.1, 0.15) is 6.42 Å². The second-order valence-electron chi connectivity index (χ2n) is 2.36. The van der Waals surface area contributed by atoms with Crippen LogP contribution in [0.4, 0.5) is 0 Å². The van der Waals surface area contributed by atoms with Gasteiger partial charge in [0.25, 0.3) is 5.76 Å². The van der Waals surface area contributed by atoms with E-state index in [9.17, 15) is 4.79 Å². The molecule has 1 aliphatic rings. The minimum atomic E-state index is -0.280. The Hall–Kier alpha value is -1.38. The molecule has 0 spiro atoms. The van der Waals surface area contributed by atoms with Gasteiger partial charge in [0, 0.05) is 6.08 Å². The van der Waals surface area contributed by atoms with Crippen molar-refractivity contribution in [1.29, 1.82) is 0 Å². The van der Waals surface area contributed by atoms with Gasteiger partial charge >= 0.3 is 5.97 Å². The number of carbonyl (C=O) groups is 1. The summed E-state index contributed by atoms with van der Waals surface area (Å²) in [5.41, 5.74) is 0.651. The molecule has 12 heavy (non-hydrogen) atoms. The van der Waals surface area contributed by atoms with Gasteiger partial charge in [0.1, 0.15) is 6.08 Å². The highest BCUT2D eigenvalue weighted by Crippen LogP contribution is 2.18. The molecule has 0 heterocycles. The number of hydrogen-bond donors (Lipinski definition) is 0. The molecule has 64 valence electrons. The van der Waals surface area contributed by atoms with Gasteiger partial charge in [0.05, 0.1) is 32.6 Å². The standard InChI is InChI=1S/C9H11O3/c1-11-8-5-3-7(4-6-8)9(10)12-2/h3,5-6H,4H2,1-2H3/q+1. The van der Waals surface area contributed by atoms with Crippen molar-refractivity contribution in [3.63, 3.8) is 0 Å². The van der Waals surface area contributed by atoms with Crippen LogP contribution < -0.4 is 0 Å². The van der Waals surface area contributed by atoms with Crippen LogP contribution in [0.2, 0.25) is 0 Å². The Morgan fingerprint density at radius 3 is 2.67 bits per heavy atom. The highest BCUT2D eigenvalue weighted by atomic mass is 16.5. The number of carbonyl (C=O) groups excluding carboxylic acids is 1. The maximum Gasteiger partial charge on any atom is 0.337 e. The van der Waals surface area contributed by atoms with Crippen molar-refractivity contribution in [2.45, 2.75) is 6.42 Å². The van der Waals surface area contributed by atoms with Crippen molar-refractivity contribution in [3.05, 3.63) is 29.9 Å². The zero-order valence-electron chi connectivity index (χ0n) is 7.16. The first-order valence-electron chi connectivity index (χ1n) is 3.64. The molecule has 0 saturated carbocycles. The summed E-state index contributed by atoms with van der Waals surface area (Å²) in [6, 6.07) is 0. The van der Waals surface area contributed by atoms with E-state index in [1.807, 2.05) is 6.42 Å². The van der Waals surface area contributed by atoms with Crippen LogP contribution in [0.15, 0.2) is 23.5 Å². The first kappa shape index (κ1) is 8.71. The van der Waals surface area contributed by atoms with Crippen molar-refractivity contribution < 1.29 is 14.3 Å². The second kappa shape index (κ2) is 3.85. The quantitative estimate of drug-likeness (QED) is 0.458. The molecule has 0 aromatic rings. The Kier molecular flexibility index (Phi) is 2.80. The number of ether oxygens (including phenoxy) is 2. The van der Waals surface area contributed by atoms with E-state index in [2.05, 4.69) is 4.74 Å². The first-order chi connectivity index (χ1) is 5.77. The molecule has 0 atom stereocenters. The van der Waals surface area contributed by atoms with Crippen LogP contribution in [0.25, 0.3) is 0 Å². The fourth-order valence-electron chi connectivity index (χ4n) is 0.963. The third-order valence-electron chi connectivity index (χ3n) is 1.66. The van der Waals surface area contributed by atoms with Gasteiger partial charge in [0.2, 0.25) is 0 Å². The average Bonchev–Trinajstić information content (AvgIpc) is 2.17. The highest BCUT2D eigenvalue weighted by molar-refractivity contribution is 5.89. The Labute approximate surface area is 71.7 Å². The molecule has 0 N–H and O–H groups in total. The summed E-state index contributed by atoms with van der Waals surface area (Å²) in [6.45, 7) is 0. The van der Waals surface area contributed by atoms with E-state index in [0.29, 0.717) is 12.0 Å². The van der Waals surface area contributed by atoms with Gasteiger partial charge in [-0.15, -0.1) is 0 Å². The molecule has 0 aliphatic heterocycles. The molecule has 0 saturated heterocycles. The lowest BCUT2D eigenvalue weighted by Crippen LogP contribution is -2.08. The number of rotatable bonds is 2. The summed E-state index contributed by atoms with van der Waals surface area (Å²) in [5.74, 6) is 0.500. The Balaban J connectivity index is 2.66. The summed E-state index contributed by atoms with van der Waals surface area (Å²) in [6.07, 6.45) is 5.87. The molecule has 0 aromatic carbocycles. The average molecular weight is 167 g/mol. The van der Waals surface area contributed by atoms with Crippen molar-refractivity contribution >= 4 is 5.97 Å². The van der Waals surface area contributed by atoms with Gasteiger partial charge in [-0.2, -0.15) is 0 Å². The van der Waals surface area contributed by atoms with Gasteiger partial charge in [-0.1, -0.05) is 0 Å². The molecule has 0 radical (unpaired) electrons. The first-order valence-corrected chi connectivity index (χ1v) is 3.64. The van der Waals surface area contributed by atoms with Crippen molar-refractivity contribution in [2.24, 2.45) is 0 Å². The fourth-order valence-corrected chi connectivity index (χ4v) is 0.963. The van der Waals surface area contributed by atoms with Crippen LogP contribution in [0, 0.1) is 6.42 Å². The van der Waals surface area contributed by atoms with Crippen LogP contribution in [0.3, 0.4) is 0 Å². The lowest BCUT2D eigenvalue weighted by atomic mass is 10.0. The van der Waals surface area contributed by atoms with Gasteiger partial charge in [-0.05, 0) is 0 Å². The van der Waals surface area contributed by atoms with Gasteiger partial charge < -0.3 is 9.47 Å². The summed E-state index contributed by atoms with van der Waals surface area (Å²) in [5, 5.41) is 0. The molecule has 3 nitrogen and oxygen atoms in total. The molecule has 3 heteroatoms. The predicted molar refractivity (Wildman–Crippen MR) is 44.1 cm³/mol. The summed E-state index contributed by atoms with van der Waals surface area (Å²) >= 11 is 0. The summed E-state index contributed by atoms with van der Waals surface area (Å²) in [7, 11) is 2.97. The predicted octanol–water partition coefficient (Wildman–Crippen LogP) is 1.22. The Morgan fingerprint density at radius 1 is 1.50 bits per heavy atom. The minimum absolute atomic E-state index is 0.280. The largest absolute Gasteiger partial charge is 0.466 e. The Morgan fingerprint density at radius 2 is 2.25 bits per heavy atom. The van der Waals surface area contributed by atoms with Gasteiger partial charge in [-0.25, -0.2) is 4.79 Å². The summed E-state index contributed by atoms with van der Waals surface area (Å²) < 4.78 is 9.52. The van der Waals surface area contributed by atoms with E-state index in [1.165, 1.54) is 7.11 Å². The van der Waals surface area contributed by atoms with Gasteiger partial charge in [-0.3, -0.25) is 0 Å². The Bertz CT molecular complexity index is 238. The van der Waals surface area contributed by atoms with Crippen molar-refractivity contribution in [3.8, 4) is 0 Å². The van der Waals surface area contributed by atoms with Crippen LogP contribution in [0.5, 0.6) is 0 Å². The molecule has 0 unspecified atom stereocenters. The van der Waals surface area contributed by atoms with Crippen LogP contribution in [-0.4, -0.2) is 20.2 Å². The molecular weight excluding hydrogens is 156 g/mol. The highest BCUT2D eigenvalue weighted by Gasteiger charge is 2.20. The van der Waals surface area contributed by atoms with E-state index in [0.717, 1.165) is 5.76 Å². The van der Waals surface area contributed by atoms with E-state index in [1.54, 1.807) is 19.3 Å². The minimum Gasteiger partial charge on any atom is -0.466 e. The molecule has 1 aliphatic carbocycles. The maximum atomic E-state index is 11.0. The third kappa shape index (κ3) is 1.81. The number of allylic oxidation sites excluding steroid dienone is 3. The number of methoxy groups -OCH3 is 2. The molecule has 0 amide bonds. The third-order valence-corrected chi connectivity index (χ3v) is 1.66. The van der Waals surface area contributed by atoms with Crippen LogP contribution in [-0.2, 0) is 14.3 Å². The van der Waals surface area contributed by atoms with E-state index < -0.39 is 0 Å². The topological polar surface area (TPSA) is 35.5 Å². The zero-order chi connectivity index (χ0) is 8.97. The van der Waals surface area contributed by atoms with Crippen LogP contribution >= 0.6 is 0 Å². The van der Waals surface area contributed by atoms with E-state index in [4.69, 9.17) is 4.74 Å². The normalized spacial score (nSPS) is 15.5. The molecule has 0 fully saturated rings. The lowest BCUT2D eigenvalue weighted by Gasteiger charge is -2.04. The molecule has 0 bridgehead atoms. The second-order valence-corrected chi connectivity index (χ2v) is 2.36. The van der Waals surface area contributed by atoms with E-state index >= 15 is 0 Å². The molecule has 1 rings (SSSR count). The smallest absolute Gasteiger partial charge is 0.337 e. The number of esters is 1. The van der Waals surface area contributed by atoms with Gasteiger partial charge in [0.15, 0.2) is 0 Å². The summed E-state index contributed by atoms with van der Waals surface area (Å²) in [4.78, 5) is 11.0. The molecular formula is C9H11O3+. The number of hydrogen-bond acceptors (Lipinski definition) is 3.